The van der Waals surface area contributed by atoms with Crippen molar-refractivity contribution in [1.82, 2.24) is 15.6 Å². The minimum absolute atomic E-state index is 0.118. The normalized spacial score (nSPS) is 12.7. The molecule has 0 aliphatic heterocycles. The van der Waals surface area contributed by atoms with Crippen molar-refractivity contribution in [2.45, 2.75) is 25.4 Å². The lowest BCUT2D eigenvalue weighted by Crippen LogP contribution is -2.49. The van der Waals surface area contributed by atoms with Gasteiger partial charge in [0.25, 0.3) is 0 Å². The van der Waals surface area contributed by atoms with Crippen LogP contribution in [0.4, 0.5) is 8.78 Å². The molecule has 0 radical (unpaired) electrons. The van der Waals surface area contributed by atoms with Crippen LogP contribution in [-0.2, 0) is 20.8 Å². The van der Waals surface area contributed by atoms with Crippen molar-refractivity contribution in [1.29, 1.82) is 0 Å². The molecule has 0 fully saturated rings. The largest absolute Gasteiger partial charge is 0.344 e. The van der Waals surface area contributed by atoms with Gasteiger partial charge in [0.15, 0.2) is 0 Å². The maximum absolute atomic E-state index is 13.1. The molecule has 1 heterocycles. The molecule has 2 atom stereocenters. The fourth-order valence-corrected chi connectivity index (χ4v) is 2.28. The third-order valence-electron chi connectivity index (χ3n) is 3.63. The minimum atomic E-state index is -1.10. The van der Waals surface area contributed by atoms with Gasteiger partial charge in [-0.25, -0.2) is 8.78 Å². The predicted octanol–water partition coefficient (Wildman–Crippen LogP) is 0.750. The van der Waals surface area contributed by atoms with E-state index in [0.717, 1.165) is 12.1 Å². The molecular weight excluding hydrogens is 358 g/mol. The molecular formula is C18H18F2N4O3. The number of pyridine rings is 1. The summed E-state index contributed by atoms with van der Waals surface area (Å²) in [5.74, 6) is -3.76. The van der Waals surface area contributed by atoms with Crippen molar-refractivity contribution < 1.29 is 23.2 Å². The van der Waals surface area contributed by atoms with E-state index in [-0.39, 0.29) is 12.0 Å². The van der Waals surface area contributed by atoms with Gasteiger partial charge in [0, 0.05) is 18.5 Å². The second kappa shape index (κ2) is 8.95. The smallest absolute Gasteiger partial charge is 0.248 e. The SMILES string of the molecule is C[C@H](NC(=O)Cc1cc(F)cc(F)c1)C(=O)NC(=O)C(N)c1cccnc1. The van der Waals surface area contributed by atoms with Crippen LogP contribution < -0.4 is 16.4 Å². The van der Waals surface area contributed by atoms with Gasteiger partial charge in [-0.1, -0.05) is 6.07 Å². The Labute approximate surface area is 154 Å². The Hall–Kier alpha value is -3.20. The van der Waals surface area contributed by atoms with Crippen molar-refractivity contribution >= 4 is 17.7 Å². The summed E-state index contributed by atoms with van der Waals surface area (Å²) in [5, 5.41) is 4.45. The van der Waals surface area contributed by atoms with Crippen LogP contribution in [0.5, 0.6) is 0 Å². The van der Waals surface area contributed by atoms with Crippen molar-refractivity contribution in [2.75, 3.05) is 0 Å². The third kappa shape index (κ3) is 5.93. The van der Waals surface area contributed by atoms with Crippen LogP contribution in [0.1, 0.15) is 24.1 Å². The molecule has 4 N–H and O–H groups in total. The molecule has 0 saturated heterocycles. The van der Waals surface area contributed by atoms with E-state index in [0.29, 0.717) is 11.6 Å². The van der Waals surface area contributed by atoms with Crippen LogP contribution in [0.25, 0.3) is 0 Å². The van der Waals surface area contributed by atoms with E-state index in [1.165, 1.54) is 19.3 Å². The lowest BCUT2D eigenvalue weighted by Gasteiger charge is -2.16. The van der Waals surface area contributed by atoms with Crippen molar-refractivity contribution in [3.63, 3.8) is 0 Å². The Morgan fingerprint density at radius 3 is 2.41 bits per heavy atom. The first-order valence-electron chi connectivity index (χ1n) is 8.01. The fourth-order valence-electron chi connectivity index (χ4n) is 2.28. The number of carbonyl (C=O) groups is 3. The first-order chi connectivity index (χ1) is 12.8. The molecule has 142 valence electrons. The molecule has 3 amide bonds. The van der Waals surface area contributed by atoms with Crippen LogP contribution in [0, 0.1) is 11.6 Å². The number of rotatable bonds is 6. The highest BCUT2D eigenvalue weighted by Gasteiger charge is 2.22. The van der Waals surface area contributed by atoms with Gasteiger partial charge in [-0.05, 0) is 36.2 Å². The van der Waals surface area contributed by atoms with Gasteiger partial charge in [0.2, 0.25) is 17.7 Å². The summed E-state index contributed by atoms with van der Waals surface area (Å²) in [4.78, 5) is 39.9. The van der Waals surface area contributed by atoms with Crippen molar-refractivity contribution in [3.05, 3.63) is 65.5 Å². The second-order valence-electron chi connectivity index (χ2n) is 5.86. The first-order valence-corrected chi connectivity index (χ1v) is 8.01. The molecule has 1 unspecified atom stereocenters. The summed E-state index contributed by atoms with van der Waals surface area (Å²) in [6.45, 7) is 1.36. The lowest BCUT2D eigenvalue weighted by molar-refractivity contribution is -0.134. The monoisotopic (exact) mass is 376 g/mol. The Bertz CT molecular complexity index is 826. The molecule has 1 aromatic carbocycles. The van der Waals surface area contributed by atoms with Crippen LogP contribution >= 0.6 is 0 Å². The maximum atomic E-state index is 13.1. The van der Waals surface area contributed by atoms with Crippen molar-refractivity contribution in [2.24, 2.45) is 5.73 Å². The molecule has 7 nitrogen and oxygen atoms in total. The fraction of sp³-hybridized carbons (Fsp3) is 0.222. The van der Waals surface area contributed by atoms with Crippen LogP contribution in [0.2, 0.25) is 0 Å². The van der Waals surface area contributed by atoms with Gasteiger partial charge in [-0.2, -0.15) is 0 Å². The van der Waals surface area contributed by atoms with Gasteiger partial charge in [-0.3, -0.25) is 24.7 Å². The lowest BCUT2D eigenvalue weighted by atomic mass is 10.1. The Kier molecular flexibility index (Phi) is 6.67. The molecule has 0 aliphatic carbocycles. The van der Waals surface area contributed by atoms with Crippen LogP contribution in [0.3, 0.4) is 0 Å². The molecule has 27 heavy (non-hydrogen) atoms. The third-order valence-corrected chi connectivity index (χ3v) is 3.63. The number of nitrogens with one attached hydrogen (secondary N) is 2. The Balaban J connectivity index is 1.89. The van der Waals surface area contributed by atoms with Gasteiger partial charge in [-0.15, -0.1) is 0 Å². The topological polar surface area (TPSA) is 114 Å². The standard InChI is InChI=1S/C18H18F2N4O3/c1-10(23-15(25)7-11-5-13(19)8-14(20)6-11)17(26)24-18(27)16(21)12-3-2-4-22-9-12/h2-6,8-10,16H,7,21H2,1H3,(H,23,25)(H,24,26,27)/t10-,16?/m0/s1. The number of amides is 3. The Morgan fingerprint density at radius 2 is 1.81 bits per heavy atom. The minimum Gasteiger partial charge on any atom is -0.344 e. The summed E-state index contributed by atoms with van der Waals surface area (Å²) in [5.41, 5.74) is 6.30. The van der Waals surface area contributed by atoms with E-state index >= 15 is 0 Å². The van der Waals surface area contributed by atoms with E-state index in [2.05, 4.69) is 15.6 Å². The van der Waals surface area contributed by atoms with Gasteiger partial charge >= 0.3 is 0 Å². The highest BCUT2D eigenvalue weighted by atomic mass is 19.1. The van der Waals surface area contributed by atoms with E-state index in [4.69, 9.17) is 5.73 Å². The molecule has 1 aromatic heterocycles. The highest BCUT2D eigenvalue weighted by Crippen LogP contribution is 2.09. The highest BCUT2D eigenvalue weighted by molar-refractivity contribution is 6.01. The van der Waals surface area contributed by atoms with Crippen LogP contribution in [-0.4, -0.2) is 28.7 Å². The van der Waals surface area contributed by atoms with Crippen molar-refractivity contribution in [3.8, 4) is 0 Å². The second-order valence-corrected chi connectivity index (χ2v) is 5.86. The van der Waals surface area contributed by atoms with E-state index in [9.17, 15) is 23.2 Å². The number of carbonyl (C=O) groups excluding carboxylic acids is 3. The molecule has 0 saturated carbocycles. The van der Waals surface area contributed by atoms with E-state index in [1.54, 1.807) is 12.1 Å². The molecule has 2 aromatic rings. The molecule has 2 rings (SSSR count). The number of imide groups is 1. The number of nitrogens with two attached hydrogens (primary N) is 1. The average molecular weight is 376 g/mol. The number of halogens is 2. The summed E-state index contributed by atoms with van der Waals surface area (Å²) in [7, 11) is 0. The zero-order valence-electron chi connectivity index (χ0n) is 14.4. The number of aromatic nitrogens is 1. The summed E-state index contributed by atoms with van der Waals surface area (Å²) >= 11 is 0. The van der Waals surface area contributed by atoms with Gasteiger partial charge < -0.3 is 11.1 Å². The predicted molar refractivity (Wildman–Crippen MR) is 92.0 cm³/mol. The quantitative estimate of drug-likeness (QED) is 0.688. The number of benzene rings is 1. The number of nitrogens with zero attached hydrogens (tertiary/aromatic N) is 1. The van der Waals surface area contributed by atoms with Gasteiger partial charge in [0.1, 0.15) is 23.7 Å². The zero-order valence-corrected chi connectivity index (χ0v) is 14.4. The Morgan fingerprint density at radius 1 is 1.15 bits per heavy atom. The number of hydrogen-bond acceptors (Lipinski definition) is 5. The maximum Gasteiger partial charge on any atom is 0.248 e. The average Bonchev–Trinajstić information content (AvgIpc) is 2.60. The van der Waals surface area contributed by atoms with E-state index < -0.39 is 41.4 Å². The molecule has 0 spiro atoms. The summed E-state index contributed by atoms with van der Waals surface area (Å²) in [6.07, 6.45) is 2.59. The summed E-state index contributed by atoms with van der Waals surface area (Å²) in [6, 6.07) is 3.76. The van der Waals surface area contributed by atoms with Crippen LogP contribution in [0.15, 0.2) is 42.7 Å². The molecule has 9 heteroatoms. The van der Waals surface area contributed by atoms with E-state index in [1.807, 2.05) is 0 Å². The zero-order chi connectivity index (χ0) is 20.0. The summed E-state index contributed by atoms with van der Waals surface area (Å²) < 4.78 is 26.3. The first kappa shape index (κ1) is 20.1. The van der Waals surface area contributed by atoms with Gasteiger partial charge in [0.05, 0.1) is 6.42 Å². The number of hydrogen-bond donors (Lipinski definition) is 3. The molecule has 0 aliphatic rings. The molecule has 0 bridgehead atoms.